The number of nitrogens with one attached hydrogen (secondary N) is 2. The fourth-order valence-electron chi connectivity index (χ4n) is 8.61. The van der Waals surface area contributed by atoms with E-state index in [1.165, 1.54) is 37.2 Å². The van der Waals surface area contributed by atoms with E-state index in [1.807, 2.05) is 76.2 Å². The number of carbonyl (C=O) groups is 8. The summed E-state index contributed by atoms with van der Waals surface area (Å²) >= 11 is 0. The minimum Gasteiger partial charge on any atom is -0.456 e. The molecule has 0 bridgehead atoms. The lowest BCUT2D eigenvalue weighted by Gasteiger charge is -2.30. The Balaban J connectivity index is 1.29. The normalized spacial score (nSPS) is 16.6. The molecular weight excluding hydrogens is 881 g/mol. The highest BCUT2D eigenvalue weighted by atomic mass is 16.5. The quantitative estimate of drug-likeness (QED) is 0.109. The largest absolute Gasteiger partial charge is 0.456 e. The van der Waals surface area contributed by atoms with Crippen molar-refractivity contribution in [3.63, 3.8) is 0 Å². The Bertz CT molecular complexity index is 2360. The van der Waals surface area contributed by atoms with E-state index in [2.05, 4.69) is 20.6 Å². The molecule has 4 aromatic rings. The third-order valence-electron chi connectivity index (χ3n) is 12.0. The van der Waals surface area contributed by atoms with E-state index in [1.54, 1.807) is 22.2 Å². The van der Waals surface area contributed by atoms with Crippen molar-refractivity contribution in [2.45, 2.75) is 91.4 Å². The minimum atomic E-state index is -0.888. The number of amides is 4. The number of hydrogen-bond acceptors (Lipinski definition) is 14. The number of carbonyl (C=O) groups excluding carboxylic acids is 8. The summed E-state index contributed by atoms with van der Waals surface area (Å²) in [5.74, 6) is -3.05. The van der Waals surface area contributed by atoms with E-state index >= 15 is 0 Å². The fraction of sp³-hybridized carbons (Fsp3) is 0.458. The van der Waals surface area contributed by atoms with Crippen molar-refractivity contribution in [3.8, 4) is 33.6 Å². The number of likely N-dealkylation sites (tertiary alicyclic amines) is 2. The summed E-state index contributed by atoms with van der Waals surface area (Å²) in [5, 5.41) is 5.26. The monoisotopic (exact) mass is 938 g/mol. The van der Waals surface area contributed by atoms with Crippen LogP contribution in [0.25, 0.3) is 33.6 Å². The number of aromatic nitrogens is 4. The van der Waals surface area contributed by atoms with Crippen molar-refractivity contribution in [3.05, 3.63) is 72.6 Å². The standard InChI is InChI=1S/C48H58N8O12/c1-27(2)41(51-47(63)65-7)45(61)53-21-9-11-35(53)43-49-23-37(55(43)39(59)25-67-29(5)57)33-17-13-31(14-18-33)32-15-19-34(20-16-32)38-24-50-44(56(38)40(60)26-68-30(6)58)36-12-10-22-54(36)46(62)42(28(3)4)52-48(64)66-8/h13-20,23-24,27-28,35-36,41-42H,9-12,21-22,25-26H2,1-8H3,(H,51,63)(H,52,64)/t35-,36-,41-,42-/m0/s1. The lowest BCUT2D eigenvalue weighted by atomic mass is 10.0. The van der Waals surface area contributed by atoms with Crippen molar-refractivity contribution < 1.29 is 57.3 Å². The summed E-state index contributed by atoms with van der Waals surface area (Å²) < 4.78 is 22.5. The smallest absolute Gasteiger partial charge is 0.407 e. The van der Waals surface area contributed by atoms with Gasteiger partial charge in [-0.2, -0.15) is 0 Å². The Labute approximate surface area is 393 Å². The maximum atomic E-state index is 13.9. The Hall–Kier alpha value is -7.38. The second-order valence-corrected chi connectivity index (χ2v) is 17.3. The number of nitrogens with zero attached hydrogens (tertiary/aromatic N) is 6. The summed E-state index contributed by atoms with van der Waals surface area (Å²) in [4.78, 5) is 116. The molecule has 0 saturated carbocycles. The molecular formula is C48H58N8O12. The molecule has 20 nitrogen and oxygen atoms in total. The van der Waals surface area contributed by atoms with Crippen LogP contribution in [0.2, 0.25) is 0 Å². The number of imidazole rings is 2. The summed E-state index contributed by atoms with van der Waals surface area (Å²) in [7, 11) is 2.44. The van der Waals surface area contributed by atoms with Gasteiger partial charge >= 0.3 is 24.1 Å². The second-order valence-electron chi connectivity index (χ2n) is 17.3. The molecule has 2 fully saturated rings. The third kappa shape index (κ3) is 11.1. The van der Waals surface area contributed by atoms with Gasteiger partial charge in [-0.25, -0.2) is 19.6 Å². The average Bonchev–Trinajstić information content (AvgIpc) is 4.16. The van der Waals surface area contributed by atoms with Crippen molar-refractivity contribution in [1.29, 1.82) is 0 Å². The fourth-order valence-corrected chi connectivity index (χ4v) is 8.61. The molecule has 2 saturated heterocycles. The molecule has 4 heterocycles. The molecule has 0 radical (unpaired) electrons. The van der Waals surface area contributed by atoms with Crippen LogP contribution in [-0.2, 0) is 38.1 Å². The van der Waals surface area contributed by atoms with Gasteiger partial charge in [-0.1, -0.05) is 76.2 Å². The maximum Gasteiger partial charge on any atom is 0.407 e. The van der Waals surface area contributed by atoms with E-state index in [0.717, 1.165) is 11.1 Å². The Morgan fingerprint density at radius 2 is 0.912 bits per heavy atom. The van der Waals surface area contributed by atoms with Gasteiger partial charge in [-0.3, -0.25) is 37.9 Å². The first-order chi connectivity index (χ1) is 32.4. The Morgan fingerprint density at radius 1 is 0.574 bits per heavy atom. The van der Waals surface area contributed by atoms with E-state index < -0.39 is 73.3 Å². The Kier molecular flexibility index (Phi) is 16.1. The molecule has 20 heteroatoms. The third-order valence-corrected chi connectivity index (χ3v) is 12.0. The molecule has 0 spiro atoms. The molecule has 6 rings (SSSR count). The minimum absolute atomic E-state index is 0.271. The molecule has 0 unspecified atom stereocenters. The molecule has 68 heavy (non-hydrogen) atoms. The van der Waals surface area contributed by atoms with Crippen LogP contribution < -0.4 is 10.6 Å². The average molecular weight is 939 g/mol. The first-order valence-corrected chi connectivity index (χ1v) is 22.4. The van der Waals surface area contributed by atoms with E-state index in [4.69, 9.17) is 18.9 Å². The molecule has 2 N–H and O–H groups in total. The van der Waals surface area contributed by atoms with Gasteiger partial charge in [0, 0.05) is 38.1 Å². The van der Waals surface area contributed by atoms with E-state index in [0.29, 0.717) is 72.9 Å². The number of alkyl carbamates (subject to hydrolysis) is 2. The van der Waals surface area contributed by atoms with Crippen LogP contribution in [0.1, 0.15) is 101 Å². The van der Waals surface area contributed by atoms with Crippen LogP contribution in [0.4, 0.5) is 9.59 Å². The highest BCUT2D eigenvalue weighted by Gasteiger charge is 2.41. The van der Waals surface area contributed by atoms with E-state index in [9.17, 15) is 38.4 Å². The van der Waals surface area contributed by atoms with Gasteiger partial charge in [0.05, 0.1) is 50.1 Å². The molecule has 2 aromatic carbocycles. The molecule has 4 amide bonds. The summed E-state index contributed by atoms with van der Waals surface area (Å²) in [5.41, 5.74) is 3.68. The van der Waals surface area contributed by atoms with E-state index in [-0.39, 0.29) is 23.7 Å². The predicted octanol–water partition coefficient (Wildman–Crippen LogP) is 5.58. The number of methoxy groups -OCH3 is 2. The van der Waals surface area contributed by atoms with Crippen LogP contribution in [0.3, 0.4) is 0 Å². The zero-order chi connectivity index (χ0) is 49.4. The zero-order valence-electron chi connectivity index (χ0n) is 39.5. The zero-order valence-corrected chi connectivity index (χ0v) is 39.5. The van der Waals surface area contributed by atoms with Crippen LogP contribution in [0, 0.1) is 11.8 Å². The van der Waals surface area contributed by atoms with Crippen LogP contribution in [0.5, 0.6) is 0 Å². The van der Waals surface area contributed by atoms with Gasteiger partial charge < -0.3 is 39.4 Å². The molecule has 362 valence electrons. The SMILES string of the molecule is COC(=O)N[C@H](C(=O)N1CCC[C@H]1c1ncc(-c2ccc(-c3ccc(-c4cnc([C@@H]5CCCN5C(=O)[C@@H](NC(=O)OC)C(C)C)n4C(=O)COC(C)=O)cc3)cc2)n1C(=O)COC(C)=O)C(C)C. The molecule has 0 aliphatic carbocycles. The predicted molar refractivity (Wildman–Crippen MR) is 245 cm³/mol. The molecule has 2 aliphatic heterocycles. The lowest BCUT2D eigenvalue weighted by molar-refractivity contribution is -0.140. The summed E-state index contributed by atoms with van der Waals surface area (Å²) in [6.45, 7) is 9.25. The Morgan fingerprint density at radius 3 is 1.22 bits per heavy atom. The number of ether oxygens (including phenoxy) is 4. The van der Waals surface area contributed by atoms with Crippen LogP contribution >= 0.6 is 0 Å². The number of hydrogen-bond donors (Lipinski definition) is 2. The van der Waals surface area contributed by atoms with Crippen LogP contribution in [0.15, 0.2) is 60.9 Å². The molecule has 2 aromatic heterocycles. The summed E-state index contributed by atoms with van der Waals surface area (Å²) in [6, 6.07) is 11.7. The van der Waals surface area contributed by atoms with Crippen molar-refractivity contribution >= 4 is 47.8 Å². The van der Waals surface area contributed by atoms with Gasteiger partial charge in [-0.15, -0.1) is 0 Å². The molecule has 2 aliphatic rings. The topological polar surface area (TPSA) is 240 Å². The van der Waals surface area contributed by atoms with Gasteiger partial charge in [0.2, 0.25) is 11.8 Å². The number of benzene rings is 2. The highest BCUT2D eigenvalue weighted by Crippen LogP contribution is 2.37. The van der Waals surface area contributed by atoms with Gasteiger partial charge in [-0.05, 0) is 48.6 Å². The number of rotatable bonds is 15. The maximum absolute atomic E-state index is 13.9. The second kappa shape index (κ2) is 21.9. The van der Waals surface area contributed by atoms with Gasteiger partial charge in [0.1, 0.15) is 23.7 Å². The molecule has 4 atom stereocenters. The highest BCUT2D eigenvalue weighted by molar-refractivity contribution is 5.90. The lowest BCUT2D eigenvalue weighted by Crippen LogP contribution is -2.51. The van der Waals surface area contributed by atoms with Crippen LogP contribution in [-0.4, -0.2) is 129 Å². The number of esters is 2. The van der Waals surface area contributed by atoms with Crippen molar-refractivity contribution in [1.82, 2.24) is 39.5 Å². The van der Waals surface area contributed by atoms with Crippen molar-refractivity contribution in [2.24, 2.45) is 11.8 Å². The van der Waals surface area contributed by atoms with Gasteiger partial charge in [0.25, 0.3) is 11.8 Å². The summed E-state index contributed by atoms with van der Waals surface area (Å²) in [6.07, 6.45) is 3.84. The first kappa shape index (κ1) is 50.0. The van der Waals surface area contributed by atoms with Gasteiger partial charge in [0.15, 0.2) is 13.2 Å². The first-order valence-electron chi connectivity index (χ1n) is 22.4. The van der Waals surface area contributed by atoms with Crippen molar-refractivity contribution in [2.75, 3.05) is 40.5 Å².